The number of benzene rings is 2. The molecule has 2 aromatic rings. The average Bonchev–Trinajstić information content (AvgIpc) is 2.61. The lowest BCUT2D eigenvalue weighted by Crippen LogP contribution is -2.28. The van der Waals surface area contributed by atoms with Crippen molar-refractivity contribution in [3.05, 3.63) is 65.7 Å². The molecule has 0 aliphatic rings. The molecule has 0 fully saturated rings. The van der Waals surface area contributed by atoms with Gasteiger partial charge in [0, 0.05) is 19.5 Å². The van der Waals surface area contributed by atoms with Gasteiger partial charge >= 0.3 is 0 Å². The smallest absolute Gasteiger partial charge is 0.221 e. The Morgan fingerprint density at radius 3 is 2.39 bits per heavy atom. The molecule has 0 saturated carbocycles. The van der Waals surface area contributed by atoms with Crippen LogP contribution in [0.3, 0.4) is 0 Å². The number of methoxy groups -OCH3 is 1. The van der Waals surface area contributed by atoms with Crippen molar-refractivity contribution in [2.24, 2.45) is 0 Å². The second-order valence-electron chi connectivity index (χ2n) is 5.36. The standard InChI is InChI=1S/C19H24N2O2/c1-23-18-9-7-16(8-10-18)11-13-20-14-12-19(22)21-15-17-5-3-2-4-6-17/h2-10,20H,11-15H2,1H3,(H,21,22). The lowest BCUT2D eigenvalue weighted by atomic mass is 10.1. The largest absolute Gasteiger partial charge is 0.497 e. The van der Waals surface area contributed by atoms with Crippen LogP contribution in [0.5, 0.6) is 5.75 Å². The molecule has 0 bridgehead atoms. The lowest BCUT2D eigenvalue weighted by Gasteiger charge is -2.07. The van der Waals surface area contributed by atoms with Gasteiger partial charge in [-0.15, -0.1) is 0 Å². The third-order valence-corrected chi connectivity index (χ3v) is 3.61. The van der Waals surface area contributed by atoms with Gasteiger partial charge in [0.05, 0.1) is 7.11 Å². The zero-order valence-corrected chi connectivity index (χ0v) is 13.5. The van der Waals surface area contributed by atoms with E-state index in [1.807, 2.05) is 42.5 Å². The summed E-state index contributed by atoms with van der Waals surface area (Å²) < 4.78 is 5.13. The summed E-state index contributed by atoms with van der Waals surface area (Å²) in [5, 5.41) is 6.23. The number of nitrogens with one attached hydrogen (secondary N) is 2. The summed E-state index contributed by atoms with van der Waals surface area (Å²) in [6, 6.07) is 18.0. The molecule has 122 valence electrons. The van der Waals surface area contributed by atoms with Crippen molar-refractivity contribution in [2.45, 2.75) is 19.4 Å². The van der Waals surface area contributed by atoms with Gasteiger partial charge in [-0.2, -0.15) is 0 Å². The SMILES string of the molecule is COc1ccc(CCNCCC(=O)NCc2ccccc2)cc1. The number of amides is 1. The van der Waals surface area contributed by atoms with Crippen LogP contribution in [-0.4, -0.2) is 26.1 Å². The molecule has 2 rings (SSSR count). The van der Waals surface area contributed by atoms with Crippen LogP contribution in [0.15, 0.2) is 54.6 Å². The lowest BCUT2D eigenvalue weighted by molar-refractivity contribution is -0.121. The van der Waals surface area contributed by atoms with Gasteiger partial charge in [-0.3, -0.25) is 4.79 Å². The molecule has 23 heavy (non-hydrogen) atoms. The first kappa shape index (κ1) is 17.0. The maximum absolute atomic E-state index is 11.8. The molecular weight excluding hydrogens is 288 g/mol. The Balaban J connectivity index is 1.55. The molecule has 0 aromatic heterocycles. The minimum atomic E-state index is 0.0748. The minimum Gasteiger partial charge on any atom is -0.497 e. The molecule has 0 saturated heterocycles. The predicted octanol–water partition coefficient (Wildman–Crippen LogP) is 2.53. The van der Waals surface area contributed by atoms with Crippen LogP contribution in [0.4, 0.5) is 0 Å². The quantitative estimate of drug-likeness (QED) is 0.700. The topological polar surface area (TPSA) is 50.4 Å². The van der Waals surface area contributed by atoms with Crippen LogP contribution in [0.1, 0.15) is 17.5 Å². The Morgan fingerprint density at radius 2 is 1.70 bits per heavy atom. The van der Waals surface area contributed by atoms with E-state index in [1.54, 1.807) is 7.11 Å². The first-order chi connectivity index (χ1) is 11.3. The van der Waals surface area contributed by atoms with E-state index in [1.165, 1.54) is 5.56 Å². The molecule has 4 heteroatoms. The van der Waals surface area contributed by atoms with E-state index in [2.05, 4.69) is 22.8 Å². The van der Waals surface area contributed by atoms with Crippen LogP contribution in [0.2, 0.25) is 0 Å². The summed E-state index contributed by atoms with van der Waals surface area (Å²) in [7, 11) is 1.67. The van der Waals surface area contributed by atoms with Crippen LogP contribution in [0, 0.1) is 0 Å². The highest BCUT2D eigenvalue weighted by Crippen LogP contribution is 2.11. The van der Waals surface area contributed by atoms with Gasteiger partial charge in [-0.05, 0) is 36.2 Å². The molecule has 0 spiro atoms. The third-order valence-electron chi connectivity index (χ3n) is 3.61. The van der Waals surface area contributed by atoms with Gasteiger partial charge in [0.15, 0.2) is 0 Å². The second kappa shape index (κ2) is 9.64. The predicted molar refractivity (Wildman–Crippen MR) is 92.5 cm³/mol. The normalized spacial score (nSPS) is 10.3. The highest BCUT2D eigenvalue weighted by molar-refractivity contribution is 5.76. The third kappa shape index (κ3) is 6.53. The van der Waals surface area contributed by atoms with E-state index < -0.39 is 0 Å². The maximum Gasteiger partial charge on any atom is 0.221 e. The zero-order valence-electron chi connectivity index (χ0n) is 13.5. The molecule has 2 aromatic carbocycles. The van der Waals surface area contributed by atoms with Crippen LogP contribution < -0.4 is 15.4 Å². The fourth-order valence-electron chi connectivity index (χ4n) is 2.24. The van der Waals surface area contributed by atoms with Gasteiger partial charge in [0.25, 0.3) is 0 Å². The summed E-state index contributed by atoms with van der Waals surface area (Å²) in [6.45, 7) is 2.14. The molecule has 0 aliphatic heterocycles. The molecule has 4 nitrogen and oxygen atoms in total. The average molecular weight is 312 g/mol. The molecule has 0 aliphatic carbocycles. The Labute approximate surface area is 137 Å². The van der Waals surface area contributed by atoms with Gasteiger partial charge < -0.3 is 15.4 Å². The van der Waals surface area contributed by atoms with Crippen LogP contribution in [0.25, 0.3) is 0 Å². The molecule has 0 radical (unpaired) electrons. The van der Waals surface area contributed by atoms with Crippen LogP contribution in [-0.2, 0) is 17.8 Å². The minimum absolute atomic E-state index is 0.0748. The first-order valence-electron chi connectivity index (χ1n) is 7.92. The van der Waals surface area contributed by atoms with Gasteiger partial charge in [-0.25, -0.2) is 0 Å². The summed E-state index contributed by atoms with van der Waals surface area (Å²) in [4.78, 5) is 11.8. The molecule has 0 atom stereocenters. The molecule has 0 unspecified atom stereocenters. The van der Waals surface area contributed by atoms with Crippen molar-refractivity contribution in [3.8, 4) is 5.75 Å². The first-order valence-corrected chi connectivity index (χ1v) is 7.92. The molecule has 1 amide bonds. The zero-order chi connectivity index (χ0) is 16.3. The van der Waals surface area contributed by atoms with Crippen molar-refractivity contribution in [3.63, 3.8) is 0 Å². The van der Waals surface area contributed by atoms with E-state index in [9.17, 15) is 4.79 Å². The van der Waals surface area contributed by atoms with Crippen molar-refractivity contribution < 1.29 is 9.53 Å². The number of rotatable bonds is 9. The van der Waals surface area contributed by atoms with Gasteiger partial charge in [-0.1, -0.05) is 42.5 Å². The highest BCUT2D eigenvalue weighted by Gasteiger charge is 2.01. The second-order valence-corrected chi connectivity index (χ2v) is 5.36. The molecule has 0 heterocycles. The van der Waals surface area contributed by atoms with E-state index in [0.29, 0.717) is 19.5 Å². The Kier molecular flexibility index (Phi) is 7.14. The Morgan fingerprint density at radius 1 is 0.957 bits per heavy atom. The maximum atomic E-state index is 11.8. The molecular formula is C19H24N2O2. The fourth-order valence-corrected chi connectivity index (χ4v) is 2.24. The van der Waals surface area contributed by atoms with E-state index in [-0.39, 0.29) is 5.91 Å². The number of carbonyl (C=O) groups excluding carboxylic acids is 1. The number of hydrogen-bond donors (Lipinski definition) is 2. The van der Waals surface area contributed by atoms with E-state index in [4.69, 9.17) is 4.74 Å². The van der Waals surface area contributed by atoms with Crippen molar-refractivity contribution >= 4 is 5.91 Å². The van der Waals surface area contributed by atoms with Crippen molar-refractivity contribution in [1.29, 1.82) is 0 Å². The Hall–Kier alpha value is -2.33. The van der Waals surface area contributed by atoms with Gasteiger partial charge in [0.2, 0.25) is 5.91 Å². The Bertz CT molecular complexity index is 582. The van der Waals surface area contributed by atoms with E-state index in [0.717, 1.165) is 24.3 Å². The number of carbonyl (C=O) groups is 1. The van der Waals surface area contributed by atoms with Crippen molar-refractivity contribution in [1.82, 2.24) is 10.6 Å². The summed E-state index contributed by atoms with van der Waals surface area (Å²) in [5.41, 5.74) is 2.38. The van der Waals surface area contributed by atoms with Crippen molar-refractivity contribution in [2.75, 3.05) is 20.2 Å². The molecule has 2 N–H and O–H groups in total. The monoisotopic (exact) mass is 312 g/mol. The summed E-state index contributed by atoms with van der Waals surface area (Å²) in [6.07, 6.45) is 1.44. The fraction of sp³-hybridized carbons (Fsp3) is 0.316. The van der Waals surface area contributed by atoms with E-state index >= 15 is 0 Å². The summed E-state index contributed by atoms with van der Waals surface area (Å²) >= 11 is 0. The summed E-state index contributed by atoms with van der Waals surface area (Å²) in [5.74, 6) is 0.947. The van der Waals surface area contributed by atoms with Crippen LogP contribution >= 0.6 is 0 Å². The number of ether oxygens (including phenoxy) is 1. The number of hydrogen-bond acceptors (Lipinski definition) is 3. The van der Waals surface area contributed by atoms with Gasteiger partial charge in [0.1, 0.15) is 5.75 Å². The highest BCUT2D eigenvalue weighted by atomic mass is 16.5.